The van der Waals surface area contributed by atoms with E-state index in [1.165, 1.54) is 17.5 Å². The minimum absolute atomic E-state index is 0.192. The Balaban J connectivity index is 1.85. The molecular weight excluding hydrogens is 240 g/mol. The van der Waals surface area contributed by atoms with Gasteiger partial charge in [0.15, 0.2) is 5.78 Å². The lowest BCUT2D eigenvalue weighted by Gasteiger charge is -2.24. The molecule has 0 heterocycles. The van der Waals surface area contributed by atoms with E-state index in [9.17, 15) is 4.79 Å². The zero-order valence-electron chi connectivity index (χ0n) is 11.6. The van der Waals surface area contributed by atoms with Gasteiger partial charge in [-0.15, -0.1) is 0 Å². The highest BCUT2D eigenvalue weighted by Crippen LogP contribution is 2.33. The monoisotopic (exact) mass is 262 g/mol. The van der Waals surface area contributed by atoms with E-state index in [4.69, 9.17) is 9.47 Å². The Hall–Kier alpha value is -1.19. The van der Waals surface area contributed by atoms with Gasteiger partial charge < -0.3 is 9.47 Å². The van der Waals surface area contributed by atoms with Crippen molar-refractivity contribution in [3.05, 3.63) is 35.4 Å². The molecule has 0 radical (unpaired) electrons. The van der Waals surface area contributed by atoms with E-state index in [1.54, 1.807) is 7.11 Å². The molecule has 0 N–H and O–H groups in total. The van der Waals surface area contributed by atoms with Crippen molar-refractivity contribution >= 4 is 5.78 Å². The molecule has 0 aromatic heterocycles. The summed E-state index contributed by atoms with van der Waals surface area (Å²) in [5.41, 5.74) is 2.77. The summed E-state index contributed by atoms with van der Waals surface area (Å²) >= 11 is 0. The Labute approximate surface area is 114 Å². The van der Waals surface area contributed by atoms with Gasteiger partial charge in [-0.05, 0) is 36.3 Å². The second kappa shape index (κ2) is 7.41. The Morgan fingerprint density at radius 2 is 2.16 bits per heavy atom. The van der Waals surface area contributed by atoms with Crippen LogP contribution in [0.15, 0.2) is 24.3 Å². The third kappa shape index (κ3) is 4.15. The maximum Gasteiger partial charge on any atom is 0.159 e. The lowest BCUT2D eigenvalue weighted by molar-refractivity contribution is -0.124. The first-order valence-corrected chi connectivity index (χ1v) is 6.97. The fraction of sp³-hybridized carbons (Fsp3) is 0.562. The van der Waals surface area contributed by atoms with Crippen molar-refractivity contribution in [2.24, 2.45) is 0 Å². The number of fused-ring (bicyclic) bond motifs is 1. The number of ketones is 1. The summed E-state index contributed by atoms with van der Waals surface area (Å²) in [6, 6.07) is 8.49. The minimum Gasteiger partial charge on any atom is -0.382 e. The first-order valence-electron chi connectivity index (χ1n) is 6.97. The van der Waals surface area contributed by atoms with Gasteiger partial charge in [-0.3, -0.25) is 4.79 Å². The van der Waals surface area contributed by atoms with Crippen LogP contribution in [-0.4, -0.2) is 32.7 Å². The van der Waals surface area contributed by atoms with Gasteiger partial charge in [0.25, 0.3) is 0 Å². The molecule has 104 valence electrons. The Morgan fingerprint density at radius 3 is 3.00 bits per heavy atom. The summed E-state index contributed by atoms with van der Waals surface area (Å²) in [6.07, 6.45) is 4.04. The number of ether oxygens (including phenoxy) is 2. The third-order valence-electron chi connectivity index (χ3n) is 3.66. The van der Waals surface area contributed by atoms with Gasteiger partial charge in [0, 0.05) is 13.5 Å². The lowest BCUT2D eigenvalue weighted by atomic mass is 9.80. The van der Waals surface area contributed by atoms with Gasteiger partial charge >= 0.3 is 0 Å². The second-order valence-electron chi connectivity index (χ2n) is 5.08. The van der Waals surface area contributed by atoms with Gasteiger partial charge in [0.2, 0.25) is 0 Å². The molecule has 0 spiro atoms. The highest BCUT2D eigenvalue weighted by molar-refractivity contribution is 5.80. The van der Waals surface area contributed by atoms with E-state index in [2.05, 4.69) is 24.3 Å². The van der Waals surface area contributed by atoms with Gasteiger partial charge in [0.1, 0.15) is 6.61 Å². The summed E-state index contributed by atoms with van der Waals surface area (Å²) in [5.74, 6) is 0.571. The number of rotatable bonds is 7. The summed E-state index contributed by atoms with van der Waals surface area (Å²) in [7, 11) is 1.63. The van der Waals surface area contributed by atoms with Gasteiger partial charge in [-0.2, -0.15) is 0 Å². The first-order chi connectivity index (χ1) is 9.31. The van der Waals surface area contributed by atoms with E-state index in [1.807, 2.05) is 0 Å². The molecule has 1 aromatic rings. The fourth-order valence-electron chi connectivity index (χ4n) is 2.73. The maximum atomic E-state index is 11.9. The lowest BCUT2D eigenvalue weighted by Crippen LogP contribution is -2.18. The quantitative estimate of drug-likeness (QED) is 0.709. The van der Waals surface area contributed by atoms with Crippen LogP contribution in [0.3, 0.4) is 0 Å². The van der Waals surface area contributed by atoms with Crippen molar-refractivity contribution in [1.82, 2.24) is 0 Å². The van der Waals surface area contributed by atoms with E-state index in [0.717, 1.165) is 12.8 Å². The molecule has 0 saturated heterocycles. The van der Waals surface area contributed by atoms with E-state index >= 15 is 0 Å². The number of carbonyl (C=O) groups is 1. The summed E-state index contributed by atoms with van der Waals surface area (Å²) in [4.78, 5) is 11.9. The SMILES string of the molecule is COCCOCC(=O)CC1CCCc2ccccc21. The standard InChI is InChI=1S/C16H22O3/c1-18-9-10-19-12-15(17)11-14-7-4-6-13-5-2-3-8-16(13)14/h2-3,5,8,14H,4,6-7,9-12H2,1H3. The number of aryl methyl sites for hydroxylation is 1. The minimum atomic E-state index is 0.192. The Morgan fingerprint density at radius 1 is 1.32 bits per heavy atom. The summed E-state index contributed by atoms with van der Waals surface area (Å²) in [6.45, 7) is 1.24. The Bertz CT molecular complexity index is 414. The van der Waals surface area contributed by atoms with E-state index in [-0.39, 0.29) is 12.4 Å². The van der Waals surface area contributed by atoms with Crippen LogP contribution >= 0.6 is 0 Å². The van der Waals surface area contributed by atoms with Crippen molar-refractivity contribution in [1.29, 1.82) is 0 Å². The predicted octanol–water partition coefficient (Wildman–Crippen LogP) is 2.73. The molecule has 1 aliphatic carbocycles. The molecular formula is C16H22O3. The molecule has 1 atom stereocenters. The van der Waals surface area contributed by atoms with Crippen LogP contribution in [0.2, 0.25) is 0 Å². The average molecular weight is 262 g/mol. The number of Topliss-reactive ketones (excluding diaryl/α,β-unsaturated/α-hetero) is 1. The smallest absolute Gasteiger partial charge is 0.159 e. The van der Waals surface area contributed by atoms with Crippen molar-refractivity contribution in [2.75, 3.05) is 26.9 Å². The molecule has 19 heavy (non-hydrogen) atoms. The Kier molecular flexibility index (Phi) is 5.55. The molecule has 1 aliphatic rings. The first kappa shape index (κ1) is 14.2. The van der Waals surface area contributed by atoms with Crippen LogP contribution in [0.25, 0.3) is 0 Å². The van der Waals surface area contributed by atoms with Crippen molar-refractivity contribution in [3.8, 4) is 0 Å². The van der Waals surface area contributed by atoms with E-state index in [0.29, 0.717) is 25.6 Å². The highest BCUT2D eigenvalue weighted by Gasteiger charge is 2.22. The topological polar surface area (TPSA) is 35.5 Å². The van der Waals surface area contributed by atoms with E-state index < -0.39 is 0 Å². The number of hydrogen-bond donors (Lipinski definition) is 0. The van der Waals surface area contributed by atoms with Crippen molar-refractivity contribution in [3.63, 3.8) is 0 Å². The number of benzene rings is 1. The molecule has 1 unspecified atom stereocenters. The molecule has 0 amide bonds. The third-order valence-corrected chi connectivity index (χ3v) is 3.66. The zero-order chi connectivity index (χ0) is 13.5. The van der Waals surface area contributed by atoms with Gasteiger partial charge in [-0.25, -0.2) is 0 Å². The van der Waals surface area contributed by atoms with Crippen molar-refractivity contribution in [2.45, 2.75) is 31.6 Å². The largest absolute Gasteiger partial charge is 0.382 e. The summed E-state index contributed by atoms with van der Waals surface area (Å²) < 4.78 is 10.2. The maximum absolute atomic E-state index is 11.9. The summed E-state index contributed by atoms with van der Waals surface area (Å²) in [5, 5.41) is 0. The molecule has 1 aromatic carbocycles. The molecule has 0 bridgehead atoms. The molecule has 0 fully saturated rings. The molecule has 2 rings (SSSR count). The molecule has 3 heteroatoms. The highest BCUT2D eigenvalue weighted by atomic mass is 16.5. The van der Waals surface area contributed by atoms with Crippen molar-refractivity contribution < 1.29 is 14.3 Å². The molecule has 0 aliphatic heterocycles. The van der Waals surface area contributed by atoms with Crippen LogP contribution in [0, 0.1) is 0 Å². The van der Waals surface area contributed by atoms with Crippen LogP contribution in [0.1, 0.15) is 36.3 Å². The second-order valence-corrected chi connectivity index (χ2v) is 5.08. The number of methoxy groups -OCH3 is 1. The van der Waals surface area contributed by atoms with Crippen LogP contribution in [0.5, 0.6) is 0 Å². The van der Waals surface area contributed by atoms with Crippen LogP contribution in [0.4, 0.5) is 0 Å². The average Bonchev–Trinajstić information content (AvgIpc) is 2.44. The number of carbonyl (C=O) groups excluding carboxylic acids is 1. The van der Waals surface area contributed by atoms with Crippen LogP contribution in [-0.2, 0) is 20.7 Å². The van der Waals surface area contributed by atoms with Gasteiger partial charge in [-0.1, -0.05) is 24.3 Å². The number of hydrogen-bond acceptors (Lipinski definition) is 3. The molecule has 0 saturated carbocycles. The van der Waals surface area contributed by atoms with Crippen LogP contribution < -0.4 is 0 Å². The predicted molar refractivity (Wildman–Crippen MR) is 74.4 cm³/mol. The normalized spacial score (nSPS) is 18.1. The zero-order valence-corrected chi connectivity index (χ0v) is 11.6. The fourth-order valence-corrected chi connectivity index (χ4v) is 2.73. The molecule has 3 nitrogen and oxygen atoms in total. The van der Waals surface area contributed by atoms with Gasteiger partial charge in [0.05, 0.1) is 13.2 Å².